The predicted molar refractivity (Wildman–Crippen MR) is 74.6 cm³/mol. The van der Waals surface area contributed by atoms with Crippen molar-refractivity contribution in [2.24, 2.45) is 0 Å². The van der Waals surface area contributed by atoms with E-state index in [4.69, 9.17) is 11.6 Å². The molecule has 1 amide bonds. The minimum Gasteiger partial charge on any atom is -0.346 e. The van der Waals surface area contributed by atoms with Crippen LogP contribution in [0.5, 0.6) is 0 Å². The van der Waals surface area contributed by atoms with Gasteiger partial charge < -0.3 is 4.90 Å². The van der Waals surface area contributed by atoms with Crippen LogP contribution in [0.1, 0.15) is 13.3 Å². The number of carbonyl (C=O) groups is 1. The van der Waals surface area contributed by atoms with E-state index in [0.717, 1.165) is 0 Å². The monoisotopic (exact) mass is 304 g/mol. The van der Waals surface area contributed by atoms with Crippen molar-refractivity contribution >= 4 is 27.5 Å². The molecule has 1 N–H and O–H groups in total. The van der Waals surface area contributed by atoms with Gasteiger partial charge >= 0.3 is 0 Å². The second kappa shape index (κ2) is 6.88. The topological polar surface area (TPSA) is 66.5 Å². The van der Waals surface area contributed by atoms with E-state index >= 15 is 0 Å². The molecule has 0 saturated heterocycles. The van der Waals surface area contributed by atoms with Crippen molar-refractivity contribution in [3.05, 3.63) is 29.3 Å². The Morgan fingerprint density at radius 2 is 2.11 bits per heavy atom. The second-order valence-corrected chi connectivity index (χ2v) is 6.22. The number of benzene rings is 1. The largest absolute Gasteiger partial charge is 0.346 e. The fourth-order valence-electron chi connectivity index (χ4n) is 1.38. The number of nitrogens with zero attached hydrogens (tertiary/aromatic N) is 1. The summed E-state index contributed by atoms with van der Waals surface area (Å²) in [5.41, 5.74) is 0. The Morgan fingerprint density at radius 1 is 1.42 bits per heavy atom. The molecule has 0 saturated carbocycles. The highest BCUT2D eigenvalue weighted by atomic mass is 35.5. The van der Waals surface area contributed by atoms with Gasteiger partial charge in [0.25, 0.3) is 0 Å². The van der Waals surface area contributed by atoms with Crippen molar-refractivity contribution in [2.45, 2.75) is 18.2 Å². The van der Waals surface area contributed by atoms with E-state index in [-0.39, 0.29) is 23.8 Å². The zero-order chi connectivity index (χ0) is 14.5. The first-order chi connectivity index (χ1) is 8.86. The summed E-state index contributed by atoms with van der Waals surface area (Å²) in [5.74, 6) is -0.101. The molecule has 0 atom stereocenters. The Labute approximate surface area is 118 Å². The molecule has 0 aliphatic heterocycles. The minimum atomic E-state index is -3.62. The molecule has 0 aliphatic rings. The molecule has 0 heterocycles. The van der Waals surface area contributed by atoms with E-state index in [1.54, 1.807) is 19.2 Å². The van der Waals surface area contributed by atoms with Crippen LogP contribution in [-0.4, -0.2) is 39.4 Å². The van der Waals surface area contributed by atoms with Gasteiger partial charge in [0.1, 0.15) is 0 Å². The summed E-state index contributed by atoms with van der Waals surface area (Å²) >= 11 is 5.74. The van der Waals surface area contributed by atoms with Crippen LogP contribution < -0.4 is 4.72 Å². The number of hydrogen-bond acceptors (Lipinski definition) is 3. The Balaban J connectivity index is 2.60. The quantitative estimate of drug-likeness (QED) is 0.866. The summed E-state index contributed by atoms with van der Waals surface area (Å²) in [5, 5.41) is 0.352. The van der Waals surface area contributed by atoms with E-state index in [2.05, 4.69) is 4.72 Å². The van der Waals surface area contributed by atoms with Gasteiger partial charge in [-0.2, -0.15) is 0 Å². The van der Waals surface area contributed by atoms with Gasteiger partial charge in [-0.15, -0.1) is 0 Å². The van der Waals surface area contributed by atoms with E-state index in [1.807, 2.05) is 6.92 Å². The van der Waals surface area contributed by atoms with Crippen LogP contribution in [0.4, 0.5) is 0 Å². The standard InChI is InChI=1S/C12H17ClN2O3S/c1-3-15(2)12(16)7-8-14-19(17,18)11-6-4-5-10(13)9-11/h4-6,9,14H,3,7-8H2,1-2H3. The molecule has 0 fully saturated rings. The summed E-state index contributed by atoms with van der Waals surface area (Å²) in [6.45, 7) is 2.52. The van der Waals surface area contributed by atoms with Crippen LogP contribution in [0.15, 0.2) is 29.2 Å². The van der Waals surface area contributed by atoms with Crippen LogP contribution in [0.3, 0.4) is 0 Å². The van der Waals surface area contributed by atoms with Crippen molar-refractivity contribution < 1.29 is 13.2 Å². The van der Waals surface area contributed by atoms with Crippen LogP contribution in [0, 0.1) is 0 Å². The fourth-order valence-corrected chi connectivity index (χ4v) is 2.71. The second-order valence-electron chi connectivity index (χ2n) is 4.01. The van der Waals surface area contributed by atoms with Crippen LogP contribution in [0.25, 0.3) is 0 Å². The van der Waals surface area contributed by atoms with Gasteiger partial charge in [0.15, 0.2) is 0 Å². The minimum absolute atomic E-state index is 0.0675. The lowest BCUT2D eigenvalue weighted by molar-refractivity contribution is -0.129. The molecule has 0 spiro atoms. The maximum Gasteiger partial charge on any atom is 0.240 e. The lowest BCUT2D eigenvalue weighted by Crippen LogP contribution is -2.32. The number of rotatable bonds is 6. The lowest BCUT2D eigenvalue weighted by Gasteiger charge is -2.14. The normalized spacial score (nSPS) is 11.3. The number of nitrogens with one attached hydrogen (secondary N) is 1. The molecule has 0 aromatic heterocycles. The Bertz CT molecular complexity index is 546. The zero-order valence-electron chi connectivity index (χ0n) is 10.9. The third-order valence-electron chi connectivity index (χ3n) is 2.64. The van der Waals surface area contributed by atoms with Crippen LogP contribution in [-0.2, 0) is 14.8 Å². The molecule has 1 aromatic rings. The molecule has 106 valence electrons. The molecular formula is C12H17ClN2O3S. The summed E-state index contributed by atoms with van der Waals surface area (Å²) in [4.78, 5) is 13.1. The maximum absolute atomic E-state index is 11.9. The van der Waals surface area contributed by atoms with Gasteiger partial charge in [0.05, 0.1) is 4.90 Å². The molecule has 5 nitrogen and oxygen atoms in total. The molecule has 1 aromatic carbocycles. The first-order valence-electron chi connectivity index (χ1n) is 5.86. The van der Waals surface area contributed by atoms with Gasteiger partial charge in [-0.25, -0.2) is 13.1 Å². The number of halogens is 1. The first-order valence-corrected chi connectivity index (χ1v) is 7.72. The molecule has 1 rings (SSSR count). The van der Waals surface area contributed by atoms with E-state index in [0.29, 0.717) is 11.6 Å². The zero-order valence-corrected chi connectivity index (χ0v) is 12.5. The third-order valence-corrected chi connectivity index (χ3v) is 4.33. The number of amides is 1. The van der Waals surface area contributed by atoms with Crippen molar-refractivity contribution in [3.63, 3.8) is 0 Å². The van der Waals surface area contributed by atoms with Crippen molar-refractivity contribution in [2.75, 3.05) is 20.1 Å². The Hall–Kier alpha value is -1.11. The molecular weight excluding hydrogens is 288 g/mol. The first kappa shape index (κ1) is 15.9. The van der Waals surface area contributed by atoms with E-state index in [9.17, 15) is 13.2 Å². The lowest BCUT2D eigenvalue weighted by atomic mass is 10.4. The maximum atomic E-state index is 11.9. The van der Waals surface area contributed by atoms with Gasteiger partial charge in [0.2, 0.25) is 15.9 Å². The molecule has 7 heteroatoms. The average molecular weight is 305 g/mol. The van der Waals surface area contributed by atoms with Gasteiger partial charge in [-0.05, 0) is 25.1 Å². The van der Waals surface area contributed by atoms with Gasteiger partial charge in [0, 0.05) is 31.6 Å². The molecule has 19 heavy (non-hydrogen) atoms. The summed E-state index contributed by atoms with van der Waals surface area (Å²) in [6, 6.07) is 5.98. The Kier molecular flexibility index (Phi) is 5.78. The van der Waals surface area contributed by atoms with Gasteiger partial charge in [-0.1, -0.05) is 17.7 Å². The molecule has 0 radical (unpaired) electrons. The highest BCUT2D eigenvalue weighted by Gasteiger charge is 2.15. The van der Waals surface area contributed by atoms with E-state index < -0.39 is 10.0 Å². The van der Waals surface area contributed by atoms with Crippen LogP contribution >= 0.6 is 11.6 Å². The molecule has 0 aliphatic carbocycles. The number of hydrogen-bond donors (Lipinski definition) is 1. The smallest absolute Gasteiger partial charge is 0.240 e. The van der Waals surface area contributed by atoms with E-state index in [1.165, 1.54) is 17.0 Å². The SMILES string of the molecule is CCN(C)C(=O)CCNS(=O)(=O)c1cccc(Cl)c1. The van der Waals surface area contributed by atoms with Crippen LogP contribution in [0.2, 0.25) is 5.02 Å². The van der Waals surface area contributed by atoms with Crippen molar-refractivity contribution in [1.29, 1.82) is 0 Å². The average Bonchev–Trinajstić information content (AvgIpc) is 2.37. The Morgan fingerprint density at radius 3 is 2.68 bits per heavy atom. The highest BCUT2D eigenvalue weighted by molar-refractivity contribution is 7.89. The van der Waals surface area contributed by atoms with Crippen molar-refractivity contribution in [1.82, 2.24) is 9.62 Å². The molecule has 0 unspecified atom stereocenters. The summed E-state index contributed by atoms with van der Waals surface area (Å²) < 4.78 is 26.2. The van der Waals surface area contributed by atoms with Crippen molar-refractivity contribution in [3.8, 4) is 0 Å². The summed E-state index contributed by atoms with van der Waals surface area (Å²) in [6.07, 6.45) is 0.129. The number of sulfonamides is 1. The molecule has 0 bridgehead atoms. The summed E-state index contributed by atoms with van der Waals surface area (Å²) in [7, 11) is -1.94. The van der Waals surface area contributed by atoms with Gasteiger partial charge in [-0.3, -0.25) is 4.79 Å². The third kappa shape index (κ3) is 4.81. The fraction of sp³-hybridized carbons (Fsp3) is 0.417. The highest BCUT2D eigenvalue weighted by Crippen LogP contribution is 2.15. The predicted octanol–water partition coefficient (Wildman–Crippen LogP) is 1.49. The number of carbonyl (C=O) groups excluding carboxylic acids is 1.